The highest BCUT2D eigenvalue weighted by Crippen LogP contribution is 2.20. The molecule has 0 bridgehead atoms. The van der Waals surface area contributed by atoms with Gasteiger partial charge in [0.1, 0.15) is 0 Å². The Bertz CT molecular complexity index is 1260. The molecule has 0 amide bonds. The maximum atomic E-state index is 14.0. The molecule has 0 aromatic heterocycles. The molecule has 33 heavy (non-hydrogen) atoms. The molecule has 0 aliphatic carbocycles. The molecule has 6 nitrogen and oxygen atoms in total. The quantitative estimate of drug-likeness (QED) is 0.471. The summed E-state index contributed by atoms with van der Waals surface area (Å²) >= 11 is 0. The topological polar surface area (TPSA) is 115 Å². The molecule has 9 heteroatoms. The van der Waals surface area contributed by atoms with Crippen LogP contribution in [-0.4, -0.2) is 27.4 Å². The Balaban J connectivity index is 0.000000294. The number of benzene rings is 3. The van der Waals surface area contributed by atoms with Gasteiger partial charge in [0, 0.05) is 6.04 Å². The van der Waals surface area contributed by atoms with Crippen LogP contribution in [0.3, 0.4) is 0 Å². The van der Waals surface area contributed by atoms with Gasteiger partial charge in [-0.2, -0.15) is 12.8 Å². The first-order chi connectivity index (χ1) is 15.5. The van der Waals surface area contributed by atoms with E-state index in [9.17, 15) is 21.2 Å². The van der Waals surface area contributed by atoms with E-state index in [-0.39, 0.29) is 9.79 Å². The maximum Gasteiger partial charge on any atom is 0.294 e. The fourth-order valence-corrected chi connectivity index (χ4v) is 4.32. The van der Waals surface area contributed by atoms with Gasteiger partial charge in [-0.05, 0) is 55.7 Å². The van der Waals surface area contributed by atoms with E-state index in [1.807, 2.05) is 37.3 Å². The Hall–Kier alpha value is -2.85. The SMILES string of the molecule is Cc1ccc(S(=O)(=O)O)cc1.NC(C=C(F)S(=O)(=O)c1ccccc1)CCc1ccccc1. The molecule has 3 aromatic rings. The number of hydrogen-bond donors (Lipinski definition) is 2. The summed E-state index contributed by atoms with van der Waals surface area (Å²) in [6.45, 7) is 1.84. The lowest BCUT2D eigenvalue weighted by molar-refractivity contribution is 0.483. The highest BCUT2D eigenvalue weighted by Gasteiger charge is 2.21. The van der Waals surface area contributed by atoms with Gasteiger partial charge in [0.2, 0.25) is 15.0 Å². The molecule has 176 valence electrons. The van der Waals surface area contributed by atoms with Crippen LogP contribution in [0, 0.1) is 6.92 Å². The number of hydrogen-bond acceptors (Lipinski definition) is 5. The van der Waals surface area contributed by atoms with Crippen molar-refractivity contribution in [1.29, 1.82) is 0 Å². The largest absolute Gasteiger partial charge is 0.324 e. The van der Waals surface area contributed by atoms with E-state index in [4.69, 9.17) is 10.3 Å². The first kappa shape index (κ1) is 26.4. The average Bonchev–Trinajstić information content (AvgIpc) is 2.79. The van der Waals surface area contributed by atoms with E-state index < -0.39 is 31.2 Å². The van der Waals surface area contributed by atoms with E-state index in [0.29, 0.717) is 12.8 Å². The van der Waals surface area contributed by atoms with Gasteiger partial charge in [-0.3, -0.25) is 4.55 Å². The second-order valence-corrected chi connectivity index (χ2v) is 10.6. The fraction of sp³-hybridized carbons (Fsp3) is 0.167. The summed E-state index contributed by atoms with van der Waals surface area (Å²) in [6, 6.07) is 22.5. The Morgan fingerprint density at radius 3 is 1.91 bits per heavy atom. The Morgan fingerprint density at radius 1 is 0.879 bits per heavy atom. The minimum Gasteiger partial charge on any atom is -0.324 e. The van der Waals surface area contributed by atoms with Crippen molar-refractivity contribution in [2.24, 2.45) is 5.73 Å². The molecular weight excluding hydrogens is 465 g/mol. The third-order valence-electron chi connectivity index (χ3n) is 4.58. The lowest BCUT2D eigenvalue weighted by atomic mass is 10.1. The Labute approximate surface area is 194 Å². The fourth-order valence-electron chi connectivity index (χ4n) is 2.74. The van der Waals surface area contributed by atoms with Crippen LogP contribution in [0.5, 0.6) is 0 Å². The highest BCUT2D eigenvalue weighted by molar-refractivity contribution is 7.95. The van der Waals surface area contributed by atoms with E-state index in [1.54, 1.807) is 30.3 Å². The van der Waals surface area contributed by atoms with E-state index in [0.717, 1.165) is 17.2 Å². The van der Waals surface area contributed by atoms with Crippen LogP contribution in [0.25, 0.3) is 0 Å². The number of sulfone groups is 1. The molecule has 0 heterocycles. The van der Waals surface area contributed by atoms with Crippen LogP contribution >= 0.6 is 0 Å². The molecule has 0 radical (unpaired) electrons. The molecule has 0 aliphatic rings. The van der Waals surface area contributed by atoms with E-state index in [2.05, 4.69) is 0 Å². The minimum absolute atomic E-state index is 0.0666. The zero-order valence-corrected chi connectivity index (χ0v) is 19.6. The molecule has 3 rings (SSSR count). The number of halogens is 1. The first-order valence-electron chi connectivity index (χ1n) is 10.0. The van der Waals surface area contributed by atoms with Crippen molar-refractivity contribution in [1.82, 2.24) is 0 Å². The molecule has 0 aliphatic heterocycles. The van der Waals surface area contributed by atoms with Gasteiger partial charge in [0.25, 0.3) is 10.1 Å². The van der Waals surface area contributed by atoms with Gasteiger partial charge in [0.05, 0.1) is 9.79 Å². The standard InChI is InChI=1S/C17H18FNO2S.C7H8O3S/c18-17(22(20,21)16-9-5-2-6-10-16)13-15(19)12-11-14-7-3-1-4-8-14;1-6-2-4-7(5-3-6)11(8,9)10/h1-10,13,15H,11-12,19H2;2-5H,1H3,(H,8,9,10). The van der Waals surface area contributed by atoms with Gasteiger partial charge in [-0.25, -0.2) is 8.42 Å². The summed E-state index contributed by atoms with van der Waals surface area (Å²) < 4.78 is 67.7. The van der Waals surface area contributed by atoms with Crippen molar-refractivity contribution in [3.63, 3.8) is 0 Å². The highest BCUT2D eigenvalue weighted by atomic mass is 32.2. The first-order valence-corrected chi connectivity index (χ1v) is 12.9. The second kappa shape index (κ2) is 11.9. The van der Waals surface area contributed by atoms with Crippen LogP contribution in [0.15, 0.2) is 106 Å². The van der Waals surface area contributed by atoms with Crippen LogP contribution < -0.4 is 5.73 Å². The Kier molecular flexibility index (Phi) is 9.48. The molecule has 1 unspecified atom stereocenters. The summed E-state index contributed by atoms with van der Waals surface area (Å²) in [5, 5.41) is -1.20. The summed E-state index contributed by atoms with van der Waals surface area (Å²) in [5.41, 5.74) is 7.85. The second-order valence-electron chi connectivity index (χ2n) is 7.26. The van der Waals surface area contributed by atoms with Crippen molar-refractivity contribution in [3.8, 4) is 0 Å². The van der Waals surface area contributed by atoms with Crippen LogP contribution in [0.2, 0.25) is 0 Å². The van der Waals surface area contributed by atoms with Gasteiger partial charge in [-0.1, -0.05) is 66.2 Å². The average molecular weight is 492 g/mol. The zero-order valence-electron chi connectivity index (χ0n) is 18.0. The van der Waals surface area contributed by atoms with Gasteiger partial charge in [-0.15, -0.1) is 0 Å². The third kappa shape index (κ3) is 8.54. The Morgan fingerprint density at radius 2 is 1.39 bits per heavy atom. The van der Waals surface area contributed by atoms with Gasteiger partial charge >= 0.3 is 0 Å². The van der Waals surface area contributed by atoms with Crippen molar-refractivity contribution < 1.29 is 25.8 Å². The normalized spacial score (nSPS) is 13.0. The monoisotopic (exact) mass is 491 g/mol. The lowest BCUT2D eigenvalue weighted by Crippen LogP contribution is -2.19. The predicted octanol–water partition coefficient (Wildman–Crippen LogP) is 4.47. The number of aryl methyl sites for hydroxylation is 2. The van der Waals surface area contributed by atoms with E-state index in [1.165, 1.54) is 24.3 Å². The maximum absolute atomic E-state index is 14.0. The van der Waals surface area contributed by atoms with Crippen molar-refractivity contribution in [2.75, 3.05) is 0 Å². The lowest BCUT2D eigenvalue weighted by Gasteiger charge is -2.08. The van der Waals surface area contributed by atoms with Crippen molar-refractivity contribution in [2.45, 2.75) is 35.6 Å². The molecule has 1 atom stereocenters. The van der Waals surface area contributed by atoms with Gasteiger partial charge < -0.3 is 5.73 Å². The third-order valence-corrected chi connectivity index (χ3v) is 6.99. The summed E-state index contributed by atoms with van der Waals surface area (Å²) in [7, 11) is -8.12. The van der Waals surface area contributed by atoms with Crippen LogP contribution in [0.1, 0.15) is 17.5 Å². The van der Waals surface area contributed by atoms with Crippen LogP contribution in [-0.2, 0) is 26.4 Å². The molecule has 0 spiro atoms. The molecule has 0 saturated heterocycles. The summed E-state index contributed by atoms with van der Waals surface area (Å²) in [4.78, 5) is -0.137. The molecule has 0 fully saturated rings. The van der Waals surface area contributed by atoms with Crippen LogP contribution in [0.4, 0.5) is 4.39 Å². The van der Waals surface area contributed by atoms with E-state index >= 15 is 0 Å². The van der Waals surface area contributed by atoms with Crippen molar-refractivity contribution in [3.05, 3.63) is 107 Å². The number of nitrogens with two attached hydrogens (primary N) is 1. The zero-order chi connectivity index (χ0) is 24.5. The molecule has 3 aromatic carbocycles. The molecular formula is C24H26FNO5S2. The summed E-state index contributed by atoms with van der Waals surface area (Å²) in [6.07, 6.45) is 2.12. The minimum atomic E-state index is -4.10. The number of rotatable bonds is 7. The molecule has 3 N–H and O–H groups in total. The summed E-state index contributed by atoms with van der Waals surface area (Å²) in [5.74, 6) is 0. The predicted molar refractivity (Wildman–Crippen MR) is 127 cm³/mol. The van der Waals surface area contributed by atoms with Crippen molar-refractivity contribution >= 4 is 20.0 Å². The molecule has 0 saturated carbocycles. The van der Waals surface area contributed by atoms with Gasteiger partial charge in [0.15, 0.2) is 0 Å². The smallest absolute Gasteiger partial charge is 0.294 e.